The molecule has 0 aliphatic heterocycles. The van der Waals surface area contributed by atoms with Gasteiger partial charge < -0.3 is 5.32 Å². The van der Waals surface area contributed by atoms with Gasteiger partial charge in [-0.15, -0.1) is 10.2 Å². The number of aryl methyl sites for hydroxylation is 1. The van der Waals surface area contributed by atoms with Crippen LogP contribution in [0.2, 0.25) is 0 Å². The van der Waals surface area contributed by atoms with E-state index in [9.17, 15) is 18.0 Å². The number of carbonyl (C=O) groups is 1. The van der Waals surface area contributed by atoms with E-state index in [-0.39, 0.29) is 12.2 Å². The zero-order valence-electron chi connectivity index (χ0n) is 13.7. The molecular formula is C17H14F3N5O. The van der Waals surface area contributed by atoms with Gasteiger partial charge in [0.15, 0.2) is 0 Å². The Hall–Kier alpha value is -3.23. The van der Waals surface area contributed by atoms with Gasteiger partial charge in [0.2, 0.25) is 11.7 Å². The zero-order chi connectivity index (χ0) is 18.7. The number of nitrogens with one attached hydrogen (secondary N) is 1. The number of hydrogen-bond donors (Lipinski definition) is 1. The number of rotatable bonds is 4. The molecule has 9 heteroatoms. The molecule has 2 aromatic carbocycles. The Morgan fingerprint density at radius 2 is 1.73 bits per heavy atom. The molecule has 1 amide bonds. The molecule has 26 heavy (non-hydrogen) atoms. The molecule has 0 spiro atoms. The molecule has 1 N–H and O–H groups in total. The van der Waals surface area contributed by atoms with Crippen LogP contribution in [-0.2, 0) is 17.5 Å². The summed E-state index contributed by atoms with van der Waals surface area (Å²) in [7, 11) is 0. The number of aromatic nitrogens is 4. The molecule has 3 rings (SSSR count). The average molecular weight is 361 g/mol. The highest BCUT2D eigenvalue weighted by Crippen LogP contribution is 2.29. The summed E-state index contributed by atoms with van der Waals surface area (Å²) in [6.45, 7) is 1.75. The van der Waals surface area contributed by atoms with Crippen molar-refractivity contribution >= 4 is 11.6 Å². The van der Waals surface area contributed by atoms with Crippen LogP contribution in [0.4, 0.5) is 18.9 Å². The number of anilines is 1. The molecule has 1 aromatic heterocycles. The number of hydrogen-bond acceptors (Lipinski definition) is 4. The monoisotopic (exact) mass is 361 g/mol. The van der Waals surface area contributed by atoms with E-state index in [1.54, 1.807) is 0 Å². The van der Waals surface area contributed by atoms with Gasteiger partial charge in [-0.05, 0) is 36.4 Å². The van der Waals surface area contributed by atoms with Gasteiger partial charge in [-0.3, -0.25) is 4.79 Å². The molecule has 1 heterocycles. The molecule has 0 bridgehead atoms. The van der Waals surface area contributed by atoms with Crippen LogP contribution in [0.15, 0.2) is 48.5 Å². The van der Waals surface area contributed by atoms with Crippen molar-refractivity contribution in [1.82, 2.24) is 20.2 Å². The Kier molecular flexibility index (Phi) is 4.70. The van der Waals surface area contributed by atoms with Crippen LogP contribution in [0.5, 0.6) is 0 Å². The van der Waals surface area contributed by atoms with Crippen molar-refractivity contribution in [2.24, 2.45) is 0 Å². The highest BCUT2D eigenvalue weighted by molar-refractivity contribution is 5.90. The van der Waals surface area contributed by atoms with E-state index >= 15 is 0 Å². The van der Waals surface area contributed by atoms with Crippen molar-refractivity contribution in [2.75, 3.05) is 5.32 Å². The molecule has 0 aliphatic carbocycles. The summed E-state index contributed by atoms with van der Waals surface area (Å²) in [6.07, 6.45) is -4.42. The lowest BCUT2D eigenvalue weighted by atomic mass is 10.1. The van der Waals surface area contributed by atoms with Gasteiger partial charge in [0.1, 0.15) is 6.54 Å². The summed E-state index contributed by atoms with van der Waals surface area (Å²) >= 11 is 0. The van der Waals surface area contributed by atoms with E-state index in [1.807, 2.05) is 31.2 Å². The first kappa shape index (κ1) is 17.6. The Balaban J connectivity index is 1.62. The first-order valence-corrected chi connectivity index (χ1v) is 7.63. The smallest absolute Gasteiger partial charge is 0.324 e. The van der Waals surface area contributed by atoms with Crippen LogP contribution < -0.4 is 5.32 Å². The summed E-state index contributed by atoms with van der Waals surface area (Å²) in [5.41, 5.74) is 1.33. The lowest BCUT2D eigenvalue weighted by Gasteiger charge is -2.08. The highest BCUT2D eigenvalue weighted by Gasteiger charge is 2.29. The lowest BCUT2D eigenvalue weighted by molar-refractivity contribution is -0.137. The molecule has 0 unspecified atom stereocenters. The van der Waals surface area contributed by atoms with Crippen LogP contribution >= 0.6 is 0 Å². The maximum absolute atomic E-state index is 12.5. The summed E-state index contributed by atoms with van der Waals surface area (Å²) in [6, 6.07) is 11.7. The van der Waals surface area contributed by atoms with Crippen LogP contribution in [0.1, 0.15) is 11.1 Å². The summed E-state index contributed by atoms with van der Waals surface area (Å²) in [5.74, 6) is -0.0926. The largest absolute Gasteiger partial charge is 0.416 e. The molecule has 0 radical (unpaired) electrons. The molecule has 0 fully saturated rings. The van der Waals surface area contributed by atoms with Crippen LogP contribution in [-0.4, -0.2) is 26.1 Å². The van der Waals surface area contributed by atoms with Gasteiger partial charge in [0.25, 0.3) is 0 Å². The average Bonchev–Trinajstić information content (AvgIpc) is 3.03. The number of alkyl halides is 3. The first-order chi connectivity index (χ1) is 12.3. The van der Waals surface area contributed by atoms with E-state index < -0.39 is 17.6 Å². The van der Waals surface area contributed by atoms with Gasteiger partial charge in [-0.25, -0.2) is 0 Å². The first-order valence-electron chi connectivity index (χ1n) is 7.63. The van der Waals surface area contributed by atoms with Gasteiger partial charge >= 0.3 is 6.18 Å². The highest BCUT2D eigenvalue weighted by atomic mass is 19.4. The second-order valence-electron chi connectivity index (χ2n) is 5.63. The fraction of sp³-hybridized carbons (Fsp3) is 0.176. The van der Waals surface area contributed by atoms with Crippen molar-refractivity contribution in [3.8, 4) is 11.4 Å². The lowest BCUT2D eigenvalue weighted by Crippen LogP contribution is -2.20. The zero-order valence-corrected chi connectivity index (χ0v) is 13.7. The predicted molar refractivity (Wildman–Crippen MR) is 88.1 cm³/mol. The molecule has 0 saturated carbocycles. The number of halogens is 3. The molecule has 0 aliphatic rings. The van der Waals surface area contributed by atoms with E-state index in [1.165, 1.54) is 12.1 Å². The van der Waals surface area contributed by atoms with Crippen molar-refractivity contribution < 1.29 is 18.0 Å². The Bertz CT molecular complexity index is 901. The molecular weight excluding hydrogens is 347 g/mol. The SMILES string of the molecule is Cc1ccc(-c2nnn(CC(=O)Nc3ccc(C(F)(F)F)cc3)n2)cc1. The number of nitrogens with zero attached hydrogens (tertiary/aromatic N) is 4. The third-order valence-corrected chi connectivity index (χ3v) is 3.54. The maximum Gasteiger partial charge on any atom is 0.416 e. The van der Waals surface area contributed by atoms with Crippen molar-refractivity contribution in [1.29, 1.82) is 0 Å². The van der Waals surface area contributed by atoms with E-state index in [0.29, 0.717) is 5.82 Å². The van der Waals surface area contributed by atoms with Crippen molar-refractivity contribution in [2.45, 2.75) is 19.6 Å². The van der Waals surface area contributed by atoms with Crippen LogP contribution in [0, 0.1) is 6.92 Å². The second-order valence-corrected chi connectivity index (χ2v) is 5.63. The van der Waals surface area contributed by atoms with E-state index in [2.05, 4.69) is 20.7 Å². The molecule has 0 atom stereocenters. The fourth-order valence-electron chi connectivity index (χ4n) is 2.20. The number of tetrazole rings is 1. The van der Waals surface area contributed by atoms with Crippen LogP contribution in [0.3, 0.4) is 0 Å². The van der Waals surface area contributed by atoms with Gasteiger partial charge in [0, 0.05) is 11.3 Å². The Morgan fingerprint density at radius 1 is 1.08 bits per heavy atom. The van der Waals surface area contributed by atoms with Gasteiger partial charge in [-0.1, -0.05) is 29.8 Å². The van der Waals surface area contributed by atoms with Gasteiger partial charge in [0.05, 0.1) is 5.56 Å². The number of amides is 1. The van der Waals surface area contributed by atoms with Crippen molar-refractivity contribution in [3.05, 3.63) is 59.7 Å². The topological polar surface area (TPSA) is 72.7 Å². The summed E-state index contributed by atoms with van der Waals surface area (Å²) in [5, 5.41) is 14.3. The normalized spacial score (nSPS) is 11.4. The minimum atomic E-state index is -4.42. The number of carbonyl (C=O) groups excluding carboxylic acids is 1. The van der Waals surface area contributed by atoms with E-state index in [4.69, 9.17) is 0 Å². The molecule has 6 nitrogen and oxygen atoms in total. The fourth-order valence-corrected chi connectivity index (χ4v) is 2.20. The minimum absolute atomic E-state index is 0.208. The predicted octanol–water partition coefficient (Wildman–Crippen LogP) is 3.31. The summed E-state index contributed by atoms with van der Waals surface area (Å²) in [4.78, 5) is 13.1. The molecule has 0 saturated heterocycles. The standard InChI is InChI=1S/C17H14F3N5O/c1-11-2-4-12(5-3-11)16-22-24-25(23-16)10-15(26)21-14-8-6-13(7-9-14)17(18,19)20/h2-9H,10H2,1H3,(H,21,26). The number of benzene rings is 2. The third-order valence-electron chi connectivity index (χ3n) is 3.54. The maximum atomic E-state index is 12.5. The Morgan fingerprint density at radius 3 is 2.35 bits per heavy atom. The molecule has 134 valence electrons. The van der Waals surface area contributed by atoms with E-state index in [0.717, 1.165) is 28.1 Å². The van der Waals surface area contributed by atoms with Crippen LogP contribution in [0.25, 0.3) is 11.4 Å². The Labute approximate surface area is 146 Å². The quantitative estimate of drug-likeness (QED) is 0.774. The third kappa shape index (κ3) is 4.24. The molecule has 3 aromatic rings. The summed E-state index contributed by atoms with van der Waals surface area (Å²) < 4.78 is 37.6. The van der Waals surface area contributed by atoms with Gasteiger partial charge in [-0.2, -0.15) is 18.0 Å². The second kappa shape index (κ2) is 6.95. The minimum Gasteiger partial charge on any atom is -0.324 e. The van der Waals surface area contributed by atoms with Crippen molar-refractivity contribution in [3.63, 3.8) is 0 Å².